The molecule has 1 aliphatic heterocycles. The highest BCUT2D eigenvalue weighted by Crippen LogP contribution is 2.32. The van der Waals surface area contributed by atoms with Gasteiger partial charge in [0, 0.05) is 18.7 Å². The van der Waals surface area contributed by atoms with E-state index in [1.54, 1.807) is 0 Å². The van der Waals surface area contributed by atoms with Crippen LogP contribution in [0, 0.1) is 17.1 Å². The minimum atomic E-state index is -0.367. The fraction of sp³-hybridized carbons (Fsp3) is 0.300. The van der Waals surface area contributed by atoms with Crippen molar-refractivity contribution in [2.24, 2.45) is 4.99 Å². The van der Waals surface area contributed by atoms with E-state index in [2.05, 4.69) is 15.6 Å². The fourth-order valence-corrected chi connectivity index (χ4v) is 2.69. The van der Waals surface area contributed by atoms with Crippen molar-refractivity contribution in [3.63, 3.8) is 0 Å². The predicted molar refractivity (Wildman–Crippen MR) is 116 cm³/mol. The average molecular weight is 496 g/mol. The smallest absolute Gasteiger partial charge is 0.231 e. The lowest BCUT2D eigenvalue weighted by Crippen LogP contribution is -2.38. The average Bonchev–Trinajstić information content (AvgIpc) is 3.15. The zero-order valence-corrected chi connectivity index (χ0v) is 17.8. The lowest BCUT2D eigenvalue weighted by molar-refractivity contribution is 0.174. The molecule has 0 saturated heterocycles. The SMILES string of the molecule is CCNC(=NCc1cc(C#N)ccc1F)NCCc1ccc2c(c1)OCO2.I. The number of guanidine groups is 1. The molecular formula is C20H22FIN4O2. The summed E-state index contributed by atoms with van der Waals surface area (Å²) in [6.45, 7) is 3.73. The molecule has 2 N–H and O–H groups in total. The van der Waals surface area contributed by atoms with Crippen LogP contribution in [-0.2, 0) is 13.0 Å². The van der Waals surface area contributed by atoms with Crippen molar-refractivity contribution in [3.8, 4) is 17.6 Å². The summed E-state index contributed by atoms with van der Waals surface area (Å²) < 4.78 is 24.6. The van der Waals surface area contributed by atoms with Crippen molar-refractivity contribution in [2.45, 2.75) is 19.9 Å². The molecule has 0 amide bonds. The standard InChI is InChI=1S/C20H21FN4O2.HI/c1-2-23-20(25-12-16-9-15(11-22)3-5-17(16)21)24-8-7-14-4-6-18-19(10-14)27-13-26-18;/h3-6,9-10H,2,7-8,12-13H2,1H3,(H2,23,24,25);1H. The number of nitrogens with zero attached hydrogens (tertiary/aromatic N) is 2. The van der Waals surface area contributed by atoms with Gasteiger partial charge in [0.1, 0.15) is 5.82 Å². The Hall–Kier alpha value is -2.54. The highest BCUT2D eigenvalue weighted by atomic mass is 127. The normalized spacial score (nSPS) is 12.1. The molecule has 0 saturated carbocycles. The Morgan fingerprint density at radius 1 is 1.18 bits per heavy atom. The van der Waals surface area contributed by atoms with Crippen LogP contribution in [0.2, 0.25) is 0 Å². The van der Waals surface area contributed by atoms with Gasteiger partial charge in [-0.3, -0.25) is 0 Å². The third-order valence-electron chi connectivity index (χ3n) is 4.07. The van der Waals surface area contributed by atoms with Crippen molar-refractivity contribution in [1.29, 1.82) is 5.26 Å². The first kappa shape index (κ1) is 21.8. The Kier molecular flexibility index (Phi) is 8.32. The number of nitrogens with one attached hydrogen (secondary N) is 2. The molecule has 8 heteroatoms. The van der Waals surface area contributed by atoms with E-state index in [-0.39, 0.29) is 43.1 Å². The summed E-state index contributed by atoms with van der Waals surface area (Å²) >= 11 is 0. The number of nitriles is 1. The third kappa shape index (κ3) is 5.73. The number of aliphatic imine (C=N–C) groups is 1. The van der Waals surface area contributed by atoms with Crippen LogP contribution in [-0.4, -0.2) is 25.8 Å². The maximum absolute atomic E-state index is 13.9. The van der Waals surface area contributed by atoms with Crippen LogP contribution in [0.25, 0.3) is 0 Å². The van der Waals surface area contributed by atoms with E-state index >= 15 is 0 Å². The molecule has 1 aliphatic rings. The zero-order chi connectivity index (χ0) is 19.1. The van der Waals surface area contributed by atoms with E-state index in [1.807, 2.05) is 31.2 Å². The number of benzene rings is 2. The van der Waals surface area contributed by atoms with E-state index in [0.29, 0.717) is 30.2 Å². The molecule has 0 atom stereocenters. The lowest BCUT2D eigenvalue weighted by atomic mass is 10.1. The second-order valence-electron chi connectivity index (χ2n) is 5.98. The van der Waals surface area contributed by atoms with Gasteiger partial charge in [-0.05, 0) is 49.2 Å². The highest BCUT2D eigenvalue weighted by Gasteiger charge is 2.13. The quantitative estimate of drug-likeness (QED) is 0.365. The van der Waals surface area contributed by atoms with Crippen LogP contribution < -0.4 is 20.1 Å². The second kappa shape index (κ2) is 10.7. The molecule has 0 radical (unpaired) electrons. The predicted octanol–water partition coefficient (Wildman–Crippen LogP) is 3.34. The van der Waals surface area contributed by atoms with Gasteiger partial charge < -0.3 is 20.1 Å². The minimum Gasteiger partial charge on any atom is -0.454 e. The monoisotopic (exact) mass is 496 g/mol. The molecule has 0 aromatic heterocycles. The summed E-state index contributed by atoms with van der Waals surface area (Å²) in [7, 11) is 0. The van der Waals surface area contributed by atoms with E-state index in [9.17, 15) is 4.39 Å². The van der Waals surface area contributed by atoms with Gasteiger partial charge in [-0.2, -0.15) is 5.26 Å². The van der Waals surface area contributed by atoms with Crippen LogP contribution in [0.15, 0.2) is 41.4 Å². The first-order valence-electron chi connectivity index (χ1n) is 8.79. The fourth-order valence-electron chi connectivity index (χ4n) is 2.69. The van der Waals surface area contributed by atoms with Crippen molar-refractivity contribution in [1.82, 2.24) is 10.6 Å². The van der Waals surface area contributed by atoms with Gasteiger partial charge >= 0.3 is 0 Å². The summed E-state index contributed by atoms with van der Waals surface area (Å²) in [5.74, 6) is 1.76. The van der Waals surface area contributed by atoms with Crippen molar-refractivity contribution in [2.75, 3.05) is 19.9 Å². The summed E-state index contributed by atoms with van der Waals surface area (Å²) in [6, 6.07) is 12.2. The molecule has 6 nitrogen and oxygen atoms in total. The van der Waals surface area contributed by atoms with E-state index in [1.165, 1.54) is 18.2 Å². The Morgan fingerprint density at radius 2 is 2.00 bits per heavy atom. The highest BCUT2D eigenvalue weighted by molar-refractivity contribution is 14.0. The largest absolute Gasteiger partial charge is 0.454 e. The lowest BCUT2D eigenvalue weighted by Gasteiger charge is -2.12. The van der Waals surface area contributed by atoms with E-state index in [4.69, 9.17) is 14.7 Å². The summed E-state index contributed by atoms with van der Waals surface area (Å²) in [4.78, 5) is 4.41. The maximum Gasteiger partial charge on any atom is 0.231 e. The molecule has 2 aromatic carbocycles. The van der Waals surface area contributed by atoms with Crippen molar-refractivity contribution < 1.29 is 13.9 Å². The van der Waals surface area contributed by atoms with E-state index < -0.39 is 0 Å². The molecule has 0 spiro atoms. The van der Waals surface area contributed by atoms with Crippen LogP contribution in [0.4, 0.5) is 4.39 Å². The van der Waals surface area contributed by atoms with E-state index in [0.717, 1.165) is 23.5 Å². The number of hydrogen-bond acceptors (Lipinski definition) is 4. The first-order valence-corrected chi connectivity index (χ1v) is 8.79. The van der Waals surface area contributed by atoms with Gasteiger partial charge in [0.25, 0.3) is 0 Å². The molecule has 3 rings (SSSR count). The van der Waals surface area contributed by atoms with Gasteiger partial charge in [-0.15, -0.1) is 24.0 Å². The van der Waals surface area contributed by atoms with Crippen LogP contribution in [0.1, 0.15) is 23.6 Å². The van der Waals surface area contributed by atoms with Crippen LogP contribution in [0.5, 0.6) is 11.5 Å². The van der Waals surface area contributed by atoms with Crippen molar-refractivity contribution in [3.05, 3.63) is 58.9 Å². The number of fused-ring (bicyclic) bond motifs is 1. The number of ether oxygens (including phenoxy) is 2. The molecule has 28 heavy (non-hydrogen) atoms. The molecule has 1 heterocycles. The van der Waals surface area contributed by atoms with Crippen LogP contribution in [0.3, 0.4) is 0 Å². The zero-order valence-electron chi connectivity index (χ0n) is 15.5. The van der Waals surface area contributed by atoms with Gasteiger partial charge in [-0.25, -0.2) is 9.38 Å². The summed E-state index contributed by atoms with van der Waals surface area (Å²) in [6.07, 6.45) is 0.777. The minimum absolute atomic E-state index is 0. The Balaban J connectivity index is 0.00000280. The summed E-state index contributed by atoms with van der Waals surface area (Å²) in [5.41, 5.74) is 1.93. The first-order chi connectivity index (χ1) is 13.2. The Labute approximate surface area is 180 Å². The van der Waals surface area contributed by atoms with Gasteiger partial charge in [-0.1, -0.05) is 6.07 Å². The van der Waals surface area contributed by atoms with Gasteiger partial charge in [0.2, 0.25) is 6.79 Å². The molecule has 0 unspecified atom stereocenters. The Bertz CT molecular complexity index is 883. The topological polar surface area (TPSA) is 78.7 Å². The number of rotatable bonds is 6. The second-order valence-corrected chi connectivity index (χ2v) is 5.98. The number of halogens is 2. The molecule has 2 aromatic rings. The molecular weight excluding hydrogens is 474 g/mol. The molecule has 0 fully saturated rings. The maximum atomic E-state index is 13.9. The summed E-state index contributed by atoms with van der Waals surface area (Å²) in [5, 5.41) is 15.3. The molecule has 0 bridgehead atoms. The molecule has 0 aliphatic carbocycles. The number of hydrogen-bond donors (Lipinski definition) is 2. The third-order valence-corrected chi connectivity index (χ3v) is 4.07. The van der Waals surface area contributed by atoms with Gasteiger partial charge in [0.15, 0.2) is 17.5 Å². The van der Waals surface area contributed by atoms with Crippen molar-refractivity contribution >= 4 is 29.9 Å². The molecule has 148 valence electrons. The van der Waals surface area contributed by atoms with Gasteiger partial charge in [0.05, 0.1) is 18.2 Å². The van der Waals surface area contributed by atoms with Crippen LogP contribution >= 0.6 is 24.0 Å². The Morgan fingerprint density at radius 3 is 2.79 bits per heavy atom.